The second-order valence-electron chi connectivity index (χ2n) is 4.71. The van der Waals surface area contributed by atoms with Crippen LogP contribution in [0.15, 0.2) is 30.3 Å². The van der Waals surface area contributed by atoms with E-state index < -0.39 is 0 Å². The van der Waals surface area contributed by atoms with Crippen molar-refractivity contribution in [2.24, 2.45) is 0 Å². The molecule has 1 aliphatic rings. The lowest BCUT2D eigenvalue weighted by Gasteiger charge is -2.27. The SMILES string of the molecule is C[C@H]1CC(=O)C[C@@H](COCc2ccccc2)N1. The van der Waals surface area contributed by atoms with Gasteiger partial charge in [0, 0.05) is 24.9 Å². The minimum absolute atomic E-state index is 0.176. The van der Waals surface area contributed by atoms with Gasteiger partial charge in [-0.25, -0.2) is 0 Å². The van der Waals surface area contributed by atoms with Gasteiger partial charge >= 0.3 is 0 Å². The molecule has 0 spiro atoms. The van der Waals surface area contributed by atoms with Crippen LogP contribution in [0.5, 0.6) is 0 Å². The van der Waals surface area contributed by atoms with E-state index in [0.29, 0.717) is 31.8 Å². The minimum atomic E-state index is 0.176. The summed E-state index contributed by atoms with van der Waals surface area (Å²) in [5.41, 5.74) is 1.17. The van der Waals surface area contributed by atoms with Gasteiger partial charge in [-0.15, -0.1) is 0 Å². The molecular formula is C14H19NO2. The number of nitrogens with one attached hydrogen (secondary N) is 1. The molecule has 0 bridgehead atoms. The number of rotatable bonds is 4. The van der Waals surface area contributed by atoms with Gasteiger partial charge in [0.1, 0.15) is 5.78 Å². The Morgan fingerprint density at radius 1 is 1.29 bits per heavy atom. The maximum atomic E-state index is 11.4. The van der Waals surface area contributed by atoms with Crippen molar-refractivity contribution in [2.45, 2.75) is 38.5 Å². The van der Waals surface area contributed by atoms with Crippen LogP contribution in [0.25, 0.3) is 0 Å². The largest absolute Gasteiger partial charge is 0.375 e. The summed E-state index contributed by atoms with van der Waals surface area (Å²) in [6.45, 7) is 3.26. The smallest absolute Gasteiger partial charge is 0.136 e. The lowest BCUT2D eigenvalue weighted by molar-refractivity contribution is -0.122. The summed E-state index contributed by atoms with van der Waals surface area (Å²) in [6.07, 6.45) is 1.24. The third-order valence-corrected chi connectivity index (χ3v) is 2.96. The van der Waals surface area contributed by atoms with E-state index in [1.165, 1.54) is 5.56 Å². The quantitative estimate of drug-likeness (QED) is 0.863. The van der Waals surface area contributed by atoms with E-state index in [-0.39, 0.29) is 12.1 Å². The van der Waals surface area contributed by atoms with Crippen LogP contribution in [-0.2, 0) is 16.1 Å². The molecule has 17 heavy (non-hydrogen) atoms. The maximum absolute atomic E-state index is 11.4. The third-order valence-electron chi connectivity index (χ3n) is 2.96. The van der Waals surface area contributed by atoms with Crippen LogP contribution in [0.2, 0.25) is 0 Å². The van der Waals surface area contributed by atoms with E-state index in [2.05, 4.69) is 5.32 Å². The first-order chi connectivity index (χ1) is 8.24. The fraction of sp³-hybridized carbons (Fsp3) is 0.500. The van der Waals surface area contributed by atoms with Crippen molar-refractivity contribution in [3.05, 3.63) is 35.9 Å². The van der Waals surface area contributed by atoms with E-state index in [1.807, 2.05) is 37.3 Å². The summed E-state index contributed by atoms with van der Waals surface area (Å²) in [7, 11) is 0. The molecule has 0 amide bonds. The molecular weight excluding hydrogens is 214 g/mol. The van der Waals surface area contributed by atoms with Crippen molar-refractivity contribution in [1.29, 1.82) is 0 Å². The minimum Gasteiger partial charge on any atom is -0.375 e. The first-order valence-electron chi connectivity index (χ1n) is 6.13. The van der Waals surface area contributed by atoms with Crippen LogP contribution in [0.3, 0.4) is 0 Å². The maximum Gasteiger partial charge on any atom is 0.136 e. The zero-order valence-corrected chi connectivity index (χ0v) is 10.2. The van der Waals surface area contributed by atoms with E-state index >= 15 is 0 Å². The number of ether oxygens (including phenoxy) is 1. The van der Waals surface area contributed by atoms with Gasteiger partial charge in [-0.05, 0) is 12.5 Å². The number of Topliss-reactive ketones (excluding diaryl/α,β-unsaturated/α-hetero) is 1. The number of ketones is 1. The van der Waals surface area contributed by atoms with Gasteiger partial charge in [0.25, 0.3) is 0 Å². The van der Waals surface area contributed by atoms with Crippen LogP contribution in [0.4, 0.5) is 0 Å². The molecule has 1 aliphatic heterocycles. The zero-order valence-electron chi connectivity index (χ0n) is 10.2. The molecule has 0 radical (unpaired) electrons. The Morgan fingerprint density at radius 2 is 2.06 bits per heavy atom. The highest BCUT2D eigenvalue weighted by molar-refractivity contribution is 5.80. The molecule has 1 aromatic carbocycles. The summed E-state index contributed by atoms with van der Waals surface area (Å²) in [5.74, 6) is 0.338. The highest BCUT2D eigenvalue weighted by Gasteiger charge is 2.23. The van der Waals surface area contributed by atoms with Crippen LogP contribution >= 0.6 is 0 Å². The van der Waals surface area contributed by atoms with E-state index in [4.69, 9.17) is 4.74 Å². The van der Waals surface area contributed by atoms with Gasteiger partial charge in [0.05, 0.1) is 13.2 Å². The number of carbonyl (C=O) groups is 1. The van der Waals surface area contributed by atoms with Crippen molar-refractivity contribution < 1.29 is 9.53 Å². The predicted molar refractivity (Wildman–Crippen MR) is 66.7 cm³/mol. The molecule has 0 aromatic heterocycles. The molecule has 0 saturated carbocycles. The Balaban J connectivity index is 1.73. The summed E-state index contributed by atoms with van der Waals surface area (Å²) in [4.78, 5) is 11.4. The number of hydrogen-bond acceptors (Lipinski definition) is 3. The molecule has 1 aromatic rings. The molecule has 1 N–H and O–H groups in total. The van der Waals surface area contributed by atoms with Gasteiger partial charge < -0.3 is 10.1 Å². The van der Waals surface area contributed by atoms with E-state index in [0.717, 1.165) is 0 Å². The Bertz CT molecular complexity index is 364. The van der Waals surface area contributed by atoms with Crippen molar-refractivity contribution in [3.63, 3.8) is 0 Å². The van der Waals surface area contributed by atoms with E-state index in [1.54, 1.807) is 0 Å². The number of benzene rings is 1. The summed E-state index contributed by atoms with van der Waals surface area (Å²) in [5, 5.41) is 3.39. The second kappa shape index (κ2) is 5.94. The molecule has 2 atom stereocenters. The van der Waals surface area contributed by atoms with Gasteiger partial charge in [-0.1, -0.05) is 30.3 Å². The standard InChI is InChI=1S/C14H19NO2/c1-11-7-14(16)8-13(15-11)10-17-9-12-5-3-2-4-6-12/h2-6,11,13,15H,7-10H2,1H3/t11-,13-/m0/s1. The fourth-order valence-corrected chi connectivity index (χ4v) is 2.22. The fourth-order valence-electron chi connectivity index (χ4n) is 2.22. The van der Waals surface area contributed by atoms with Gasteiger partial charge in [-0.2, -0.15) is 0 Å². The molecule has 2 rings (SSSR count). The molecule has 1 heterocycles. The van der Waals surface area contributed by atoms with Crippen LogP contribution in [0.1, 0.15) is 25.3 Å². The van der Waals surface area contributed by atoms with E-state index in [9.17, 15) is 4.79 Å². The zero-order chi connectivity index (χ0) is 12.1. The average Bonchev–Trinajstić information content (AvgIpc) is 2.29. The topological polar surface area (TPSA) is 38.3 Å². The van der Waals surface area contributed by atoms with Crippen molar-refractivity contribution >= 4 is 5.78 Å². The lowest BCUT2D eigenvalue weighted by atomic mass is 9.99. The normalized spacial score (nSPS) is 24.9. The van der Waals surface area contributed by atoms with Gasteiger partial charge in [0.15, 0.2) is 0 Å². The molecule has 1 saturated heterocycles. The Hall–Kier alpha value is -1.19. The third kappa shape index (κ3) is 3.95. The summed E-state index contributed by atoms with van der Waals surface area (Å²) in [6, 6.07) is 10.5. The molecule has 3 heteroatoms. The highest BCUT2D eigenvalue weighted by Crippen LogP contribution is 2.10. The Kier molecular flexibility index (Phi) is 4.29. The van der Waals surface area contributed by atoms with Crippen LogP contribution in [0, 0.1) is 0 Å². The predicted octanol–water partition coefficient (Wildman–Crippen LogP) is 1.91. The average molecular weight is 233 g/mol. The summed E-state index contributed by atoms with van der Waals surface area (Å²) >= 11 is 0. The number of carbonyl (C=O) groups excluding carboxylic acids is 1. The first-order valence-corrected chi connectivity index (χ1v) is 6.13. The van der Waals surface area contributed by atoms with Gasteiger partial charge in [-0.3, -0.25) is 4.79 Å². The monoisotopic (exact) mass is 233 g/mol. The number of hydrogen-bond donors (Lipinski definition) is 1. The lowest BCUT2D eigenvalue weighted by Crippen LogP contribution is -2.46. The molecule has 1 fully saturated rings. The molecule has 0 aliphatic carbocycles. The molecule has 0 unspecified atom stereocenters. The first kappa shape index (κ1) is 12.3. The highest BCUT2D eigenvalue weighted by atomic mass is 16.5. The number of piperidine rings is 1. The Labute approximate surface area is 102 Å². The van der Waals surface area contributed by atoms with Crippen LogP contribution in [-0.4, -0.2) is 24.5 Å². The summed E-state index contributed by atoms with van der Waals surface area (Å²) < 4.78 is 5.64. The van der Waals surface area contributed by atoms with Crippen molar-refractivity contribution in [1.82, 2.24) is 5.32 Å². The van der Waals surface area contributed by atoms with Crippen molar-refractivity contribution in [2.75, 3.05) is 6.61 Å². The Morgan fingerprint density at radius 3 is 2.76 bits per heavy atom. The van der Waals surface area contributed by atoms with Crippen molar-refractivity contribution in [3.8, 4) is 0 Å². The second-order valence-corrected chi connectivity index (χ2v) is 4.71. The molecule has 3 nitrogen and oxygen atoms in total. The van der Waals surface area contributed by atoms with Crippen LogP contribution < -0.4 is 5.32 Å². The molecule has 92 valence electrons. The van der Waals surface area contributed by atoms with Gasteiger partial charge in [0.2, 0.25) is 0 Å².